The lowest BCUT2D eigenvalue weighted by atomic mass is 9.80. The minimum atomic E-state index is 0.0461. The molecule has 0 amide bonds. The van der Waals surface area contributed by atoms with E-state index >= 15 is 0 Å². The molecular formula is C128H103N3. The van der Waals surface area contributed by atoms with Crippen molar-refractivity contribution in [1.82, 2.24) is 13.7 Å². The van der Waals surface area contributed by atoms with Gasteiger partial charge in [-0.3, -0.25) is 0 Å². The van der Waals surface area contributed by atoms with Crippen molar-refractivity contribution in [3.8, 4) is 83.8 Å². The van der Waals surface area contributed by atoms with Gasteiger partial charge in [-0.25, -0.2) is 0 Å². The molecule has 0 spiro atoms. The molecule has 3 nitrogen and oxygen atoms in total. The molecule has 3 heterocycles. The van der Waals surface area contributed by atoms with E-state index in [2.05, 4.69) is 503 Å². The van der Waals surface area contributed by atoms with Crippen LogP contribution in [0.15, 0.2) is 406 Å². The first-order chi connectivity index (χ1) is 63.8. The zero-order valence-electron chi connectivity index (χ0n) is 76.5. The molecule has 0 N–H and O–H groups in total. The van der Waals surface area contributed by atoms with Crippen LogP contribution in [-0.2, 0) is 10.8 Å². The van der Waals surface area contributed by atoms with Crippen LogP contribution >= 0.6 is 0 Å². The summed E-state index contributed by atoms with van der Waals surface area (Å²) in [6.45, 7) is 27.2. The number of benzene rings is 21. The lowest BCUT2D eigenvalue weighted by Gasteiger charge is -2.24. The van der Waals surface area contributed by atoms with Crippen LogP contribution in [0.5, 0.6) is 0 Å². The number of fused-ring (bicyclic) bond motifs is 15. The van der Waals surface area contributed by atoms with E-state index in [1.807, 2.05) is 0 Å². The van der Waals surface area contributed by atoms with Crippen LogP contribution < -0.4 is 0 Å². The first-order valence-corrected chi connectivity index (χ1v) is 46.2. The first kappa shape index (κ1) is 81.3. The Hall–Kier alpha value is -15.4. The number of aromatic nitrogens is 3. The van der Waals surface area contributed by atoms with E-state index in [1.165, 1.54) is 258 Å². The fraction of sp³-hybridized carbons (Fsp3) is 0.109. The SMILES string of the molecule is Cc1cc(-n2c3ccccc3c3ccccc32)c(C)cc1-c1c2ccccc2c(-c2ccccc2)c2cc(C(C)(C)C)ccc12.Cc1ccc2c(-c3cc(C)c(-n4c5ccccc5c5ccccc54)cc3C)c3ccccc3c(-c3ccc(C(C)(C)C)cc3)c2c1.Cc1ccc2c(c1)c1ccccc1n2-c1ccc(-c2c3ccccc3c(-c3ccccc3)c3ccccc23)cc1. The van der Waals surface area contributed by atoms with E-state index < -0.39 is 0 Å². The third kappa shape index (κ3) is 14.0. The van der Waals surface area contributed by atoms with Gasteiger partial charge in [0.15, 0.2) is 0 Å². The van der Waals surface area contributed by atoms with E-state index in [0.717, 1.165) is 0 Å². The van der Waals surface area contributed by atoms with Gasteiger partial charge in [0.2, 0.25) is 0 Å². The molecule has 24 aromatic rings. The van der Waals surface area contributed by atoms with Crippen LogP contribution in [0.1, 0.15) is 86.1 Å². The van der Waals surface area contributed by atoms with Crippen molar-refractivity contribution in [3.63, 3.8) is 0 Å². The van der Waals surface area contributed by atoms with Crippen molar-refractivity contribution in [2.24, 2.45) is 0 Å². The van der Waals surface area contributed by atoms with Crippen molar-refractivity contribution >= 4 is 130 Å². The standard InChI is InChI=1S/C45H39N.C44H37N.C39H27N/c1-28-19-24-37-39(25-28)43(31-20-22-32(23-21-31)45(4,5)6)35-15-7-8-16-36(35)44(37)38-26-30(3)42(27-29(38)2)46-40-17-11-9-13-33(40)34-14-10-12-18-41(34)46;1-28-26-41(45-39-21-13-11-17-32(39)33-18-12-14-22-40(33)45)29(2)25-37(28)43-35-20-10-9-19-34(35)42(30-15-7-6-8-16-30)38-27-31(44(3,4)5)23-24-36(38)43;1-26-19-24-37-35(25-26)30-13-9-10-18-36(30)40(37)29-22-20-28(21-23-29)39-33-16-7-5-14-31(33)38(27-11-3-2-4-12-27)32-15-6-8-17-34(32)39/h7-27H,1-6H3;6-27H,1-5H3;2-25H,1H3. The maximum atomic E-state index is 2.45. The summed E-state index contributed by atoms with van der Waals surface area (Å²) < 4.78 is 7.28. The number of aryl methyl sites for hydroxylation is 6. The summed E-state index contributed by atoms with van der Waals surface area (Å²) in [5.41, 5.74) is 37.0. The topological polar surface area (TPSA) is 14.8 Å². The molecule has 0 aliphatic carbocycles. The maximum Gasteiger partial charge on any atom is 0.0541 e. The minimum absolute atomic E-state index is 0.0461. The van der Waals surface area contributed by atoms with Crippen LogP contribution in [0.4, 0.5) is 0 Å². The summed E-state index contributed by atoms with van der Waals surface area (Å²) >= 11 is 0. The van der Waals surface area contributed by atoms with Crippen LogP contribution in [0.2, 0.25) is 0 Å². The average Bonchev–Trinajstić information content (AvgIpc) is 0.995. The van der Waals surface area contributed by atoms with E-state index in [0.29, 0.717) is 0 Å². The van der Waals surface area contributed by atoms with E-state index in [1.54, 1.807) is 0 Å². The molecule has 24 rings (SSSR count). The second kappa shape index (κ2) is 32.4. The number of nitrogens with zero attached hydrogens (tertiary/aromatic N) is 3. The fourth-order valence-corrected chi connectivity index (χ4v) is 21.4. The zero-order valence-corrected chi connectivity index (χ0v) is 76.5. The fourth-order valence-electron chi connectivity index (χ4n) is 21.4. The summed E-state index contributed by atoms with van der Waals surface area (Å²) in [7, 11) is 0. The Labute approximate surface area is 767 Å². The van der Waals surface area contributed by atoms with Gasteiger partial charge in [0.1, 0.15) is 0 Å². The van der Waals surface area contributed by atoms with Gasteiger partial charge in [-0.2, -0.15) is 0 Å². The van der Waals surface area contributed by atoms with Crippen LogP contribution in [0, 0.1) is 41.5 Å². The van der Waals surface area contributed by atoms with E-state index in [-0.39, 0.29) is 10.8 Å². The zero-order chi connectivity index (χ0) is 89.2. The Kier molecular flexibility index (Phi) is 20.1. The Morgan fingerprint density at radius 1 is 0.168 bits per heavy atom. The van der Waals surface area contributed by atoms with Crippen molar-refractivity contribution in [2.45, 2.75) is 93.9 Å². The van der Waals surface area contributed by atoms with Gasteiger partial charge in [-0.1, -0.05) is 374 Å². The number of hydrogen-bond donors (Lipinski definition) is 0. The predicted molar refractivity (Wildman–Crippen MR) is 566 cm³/mol. The van der Waals surface area contributed by atoms with Gasteiger partial charge in [0, 0.05) is 49.4 Å². The molecule has 630 valence electrons. The summed E-state index contributed by atoms with van der Waals surface area (Å²) in [6.07, 6.45) is 0. The quantitative estimate of drug-likeness (QED) is 0.128. The van der Waals surface area contributed by atoms with Gasteiger partial charge in [0.05, 0.1) is 33.1 Å². The monoisotopic (exact) mass is 1680 g/mol. The maximum absolute atomic E-state index is 2.45. The van der Waals surface area contributed by atoms with Gasteiger partial charge in [-0.05, 0) is 302 Å². The number of hydrogen-bond acceptors (Lipinski definition) is 0. The molecule has 0 aliphatic heterocycles. The molecule has 0 unspecified atom stereocenters. The lowest BCUT2D eigenvalue weighted by Crippen LogP contribution is -2.10. The highest BCUT2D eigenvalue weighted by Crippen LogP contribution is 2.51. The minimum Gasteiger partial charge on any atom is -0.309 e. The van der Waals surface area contributed by atoms with E-state index in [4.69, 9.17) is 0 Å². The molecule has 0 bridgehead atoms. The summed E-state index contributed by atoms with van der Waals surface area (Å²) in [4.78, 5) is 0. The molecule has 0 aliphatic rings. The number of para-hydroxylation sites is 5. The highest BCUT2D eigenvalue weighted by molar-refractivity contribution is 6.25. The summed E-state index contributed by atoms with van der Waals surface area (Å²) in [5, 5.41) is 23.3. The predicted octanol–water partition coefficient (Wildman–Crippen LogP) is 35.7. The second-order valence-electron chi connectivity index (χ2n) is 38.1. The van der Waals surface area contributed by atoms with Crippen molar-refractivity contribution in [1.29, 1.82) is 0 Å². The number of rotatable bonds is 9. The molecule has 0 saturated carbocycles. The largest absolute Gasteiger partial charge is 0.309 e. The molecule has 3 heteroatoms. The summed E-state index contributed by atoms with van der Waals surface area (Å²) in [5.74, 6) is 0. The Morgan fingerprint density at radius 2 is 0.427 bits per heavy atom. The Bertz CT molecular complexity index is 8530. The molecule has 3 aromatic heterocycles. The smallest absolute Gasteiger partial charge is 0.0541 e. The molecule has 131 heavy (non-hydrogen) atoms. The first-order valence-electron chi connectivity index (χ1n) is 46.2. The average molecular weight is 1680 g/mol. The van der Waals surface area contributed by atoms with Gasteiger partial charge < -0.3 is 13.7 Å². The molecular weight excluding hydrogens is 1580 g/mol. The van der Waals surface area contributed by atoms with Gasteiger partial charge in [0.25, 0.3) is 0 Å². The van der Waals surface area contributed by atoms with Gasteiger partial charge >= 0.3 is 0 Å². The lowest BCUT2D eigenvalue weighted by molar-refractivity contribution is 0.590. The van der Waals surface area contributed by atoms with Crippen LogP contribution in [-0.4, -0.2) is 13.7 Å². The summed E-state index contributed by atoms with van der Waals surface area (Å²) in [6, 6.07) is 150. The highest BCUT2D eigenvalue weighted by atomic mass is 15.0. The van der Waals surface area contributed by atoms with Gasteiger partial charge in [-0.15, -0.1) is 0 Å². The van der Waals surface area contributed by atoms with Crippen molar-refractivity contribution < 1.29 is 0 Å². The van der Waals surface area contributed by atoms with Crippen LogP contribution in [0.25, 0.3) is 214 Å². The molecule has 0 fully saturated rings. The van der Waals surface area contributed by atoms with Crippen molar-refractivity contribution in [3.05, 3.63) is 451 Å². The molecule has 21 aromatic carbocycles. The molecule has 0 radical (unpaired) electrons. The second-order valence-corrected chi connectivity index (χ2v) is 38.1. The third-order valence-corrected chi connectivity index (χ3v) is 27.7. The normalized spacial score (nSPS) is 12.0. The van der Waals surface area contributed by atoms with E-state index in [9.17, 15) is 0 Å². The molecule has 0 atom stereocenters. The Morgan fingerprint density at radius 3 is 0.802 bits per heavy atom. The third-order valence-electron chi connectivity index (χ3n) is 27.7. The molecule has 0 saturated heterocycles. The van der Waals surface area contributed by atoms with Crippen molar-refractivity contribution in [2.75, 3.05) is 0 Å². The Balaban J connectivity index is 0.000000115. The van der Waals surface area contributed by atoms with Crippen LogP contribution in [0.3, 0.4) is 0 Å². The highest BCUT2D eigenvalue weighted by Gasteiger charge is 2.27.